The van der Waals surface area contributed by atoms with Crippen molar-refractivity contribution >= 4 is 44.6 Å². The summed E-state index contributed by atoms with van der Waals surface area (Å²) < 4.78 is 26.8. The molecule has 0 saturated carbocycles. The SMILES string of the molecule is Cc1ccc(Cl)cc1N1CCN(C(=O)CNS(=O)(=O)c2cccs2)CC1. The van der Waals surface area contributed by atoms with Gasteiger partial charge < -0.3 is 9.80 Å². The highest BCUT2D eigenvalue weighted by Gasteiger charge is 2.24. The summed E-state index contributed by atoms with van der Waals surface area (Å²) in [6, 6.07) is 8.96. The third-order valence-electron chi connectivity index (χ3n) is 4.32. The van der Waals surface area contributed by atoms with Gasteiger partial charge in [-0.25, -0.2) is 13.1 Å². The molecule has 1 aliphatic heterocycles. The van der Waals surface area contributed by atoms with Crippen molar-refractivity contribution in [3.05, 3.63) is 46.3 Å². The first-order valence-corrected chi connectivity index (χ1v) is 10.9. The van der Waals surface area contributed by atoms with Crippen LogP contribution in [0.1, 0.15) is 5.56 Å². The van der Waals surface area contributed by atoms with Crippen LogP contribution in [0, 0.1) is 6.92 Å². The second-order valence-electron chi connectivity index (χ2n) is 6.06. The van der Waals surface area contributed by atoms with Crippen molar-refractivity contribution < 1.29 is 13.2 Å². The molecular weight excluding hydrogens is 394 g/mol. The highest BCUT2D eigenvalue weighted by atomic mass is 35.5. The normalized spacial score (nSPS) is 15.3. The summed E-state index contributed by atoms with van der Waals surface area (Å²) in [7, 11) is -3.62. The summed E-state index contributed by atoms with van der Waals surface area (Å²) in [6.45, 7) is 4.27. The molecule has 1 fully saturated rings. The Morgan fingerprint density at radius 3 is 2.62 bits per heavy atom. The zero-order chi connectivity index (χ0) is 18.7. The molecule has 1 N–H and O–H groups in total. The molecule has 1 aromatic carbocycles. The molecule has 0 aliphatic carbocycles. The maximum Gasteiger partial charge on any atom is 0.250 e. The van der Waals surface area contributed by atoms with E-state index in [1.807, 2.05) is 25.1 Å². The van der Waals surface area contributed by atoms with Gasteiger partial charge in [-0.1, -0.05) is 23.7 Å². The minimum atomic E-state index is -3.62. The predicted molar refractivity (Wildman–Crippen MR) is 104 cm³/mol. The van der Waals surface area contributed by atoms with E-state index in [0.717, 1.165) is 22.6 Å². The van der Waals surface area contributed by atoms with Crippen LogP contribution in [0.25, 0.3) is 0 Å². The number of carbonyl (C=O) groups excluding carboxylic acids is 1. The fraction of sp³-hybridized carbons (Fsp3) is 0.353. The zero-order valence-electron chi connectivity index (χ0n) is 14.3. The highest BCUT2D eigenvalue weighted by Crippen LogP contribution is 2.25. The number of halogens is 1. The number of amides is 1. The van der Waals surface area contributed by atoms with Gasteiger partial charge >= 0.3 is 0 Å². The Morgan fingerprint density at radius 2 is 1.96 bits per heavy atom. The van der Waals surface area contributed by atoms with Crippen molar-refractivity contribution in [2.75, 3.05) is 37.6 Å². The van der Waals surface area contributed by atoms with Crippen molar-refractivity contribution in [1.29, 1.82) is 0 Å². The van der Waals surface area contributed by atoms with E-state index in [1.54, 1.807) is 16.3 Å². The Balaban J connectivity index is 1.55. The Hall–Kier alpha value is -1.61. The summed E-state index contributed by atoms with van der Waals surface area (Å²) in [5, 5.41) is 2.38. The lowest BCUT2D eigenvalue weighted by molar-refractivity contribution is -0.130. The first-order chi connectivity index (χ1) is 12.4. The van der Waals surface area contributed by atoms with E-state index in [1.165, 1.54) is 6.07 Å². The third kappa shape index (κ3) is 4.37. The van der Waals surface area contributed by atoms with E-state index in [0.29, 0.717) is 31.2 Å². The summed E-state index contributed by atoms with van der Waals surface area (Å²) >= 11 is 7.21. The van der Waals surface area contributed by atoms with Crippen LogP contribution >= 0.6 is 22.9 Å². The Bertz CT molecular complexity index is 877. The molecule has 0 atom stereocenters. The average Bonchev–Trinajstić information content (AvgIpc) is 3.18. The van der Waals surface area contributed by atoms with Crippen LogP contribution in [0.4, 0.5) is 5.69 Å². The van der Waals surface area contributed by atoms with Gasteiger partial charge in [0.1, 0.15) is 4.21 Å². The van der Waals surface area contributed by atoms with Gasteiger partial charge in [-0.15, -0.1) is 11.3 Å². The molecule has 26 heavy (non-hydrogen) atoms. The smallest absolute Gasteiger partial charge is 0.250 e. The average molecular weight is 414 g/mol. The monoisotopic (exact) mass is 413 g/mol. The van der Waals surface area contributed by atoms with E-state index in [2.05, 4.69) is 9.62 Å². The number of hydrogen-bond acceptors (Lipinski definition) is 5. The van der Waals surface area contributed by atoms with Gasteiger partial charge in [0.15, 0.2) is 0 Å². The Kier molecular flexibility index (Phi) is 5.86. The number of rotatable bonds is 5. The number of aryl methyl sites for hydroxylation is 1. The quantitative estimate of drug-likeness (QED) is 0.816. The number of thiophene rings is 1. The fourth-order valence-electron chi connectivity index (χ4n) is 2.88. The van der Waals surface area contributed by atoms with Crippen molar-refractivity contribution in [3.8, 4) is 0 Å². The zero-order valence-corrected chi connectivity index (χ0v) is 16.7. The van der Waals surface area contributed by atoms with Gasteiger partial charge in [0.05, 0.1) is 6.54 Å². The molecule has 1 amide bonds. The lowest BCUT2D eigenvalue weighted by Gasteiger charge is -2.37. The number of benzene rings is 1. The van der Waals surface area contributed by atoms with Gasteiger partial charge in [0.25, 0.3) is 10.0 Å². The van der Waals surface area contributed by atoms with Crippen LogP contribution in [0.2, 0.25) is 5.02 Å². The first-order valence-electron chi connectivity index (χ1n) is 8.19. The lowest BCUT2D eigenvalue weighted by atomic mass is 10.1. The Morgan fingerprint density at radius 1 is 1.23 bits per heavy atom. The third-order valence-corrected chi connectivity index (χ3v) is 7.35. The van der Waals surface area contributed by atoms with Crippen LogP contribution in [0.5, 0.6) is 0 Å². The maximum absolute atomic E-state index is 12.3. The van der Waals surface area contributed by atoms with Gasteiger partial charge in [0.2, 0.25) is 5.91 Å². The summed E-state index contributed by atoms with van der Waals surface area (Å²) in [6.07, 6.45) is 0. The highest BCUT2D eigenvalue weighted by molar-refractivity contribution is 7.91. The van der Waals surface area contributed by atoms with Gasteiger partial charge in [-0.3, -0.25) is 4.79 Å². The van der Waals surface area contributed by atoms with Gasteiger partial charge in [0, 0.05) is 36.9 Å². The van der Waals surface area contributed by atoms with Crippen LogP contribution in [0.3, 0.4) is 0 Å². The maximum atomic E-state index is 12.3. The van der Waals surface area contributed by atoms with E-state index < -0.39 is 10.0 Å². The molecule has 2 aromatic rings. The minimum absolute atomic E-state index is 0.214. The fourth-order valence-corrected chi connectivity index (χ4v) is 5.05. The van der Waals surface area contributed by atoms with Crippen LogP contribution in [0.15, 0.2) is 39.9 Å². The van der Waals surface area contributed by atoms with Crippen molar-refractivity contribution in [1.82, 2.24) is 9.62 Å². The molecule has 0 spiro atoms. The Labute approximate surface area is 162 Å². The number of sulfonamides is 1. The largest absolute Gasteiger partial charge is 0.368 e. The number of hydrogen-bond donors (Lipinski definition) is 1. The molecule has 0 radical (unpaired) electrons. The standard InChI is InChI=1S/C17H20ClN3O3S2/c1-13-4-5-14(18)11-15(13)20-6-8-21(9-7-20)16(22)12-19-26(23,24)17-3-2-10-25-17/h2-5,10-11,19H,6-9,12H2,1H3. The molecule has 0 bridgehead atoms. The summed E-state index contributed by atoms with van der Waals surface area (Å²) in [5.41, 5.74) is 2.21. The summed E-state index contributed by atoms with van der Waals surface area (Å²) in [5.74, 6) is -0.215. The van der Waals surface area contributed by atoms with E-state index >= 15 is 0 Å². The molecule has 2 heterocycles. The van der Waals surface area contributed by atoms with Crippen molar-refractivity contribution in [2.24, 2.45) is 0 Å². The van der Waals surface area contributed by atoms with E-state index in [-0.39, 0.29) is 16.7 Å². The van der Waals surface area contributed by atoms with Gasteiger partial charge in [-0.05, 0) is 36.1 Å². The van der Waals surface area contributed by atoms with Crippen molar-refractivity contribution in [2.45, 2.75) is 11.1 Å². The summed E-state index contributed by atoms with van der Waals surface area (Å²) in [4.78, 5) is 16.2. The molecule has 1 aliphatic rings. The van der Waals surface area contributed by atoms with Crippen LogP contribution in [-0.2, 0) is 14.8 Å². The predicted octanol–water partition coefficient (Wildman–Crippen LogP) is 2.34. The van der Waals surface area contributed by atoms with E-state index in [4.69, 9.17) is 11.6 Å². The molecule has 1 aromatic heterocycles. The molecule has 3 rings (SSSR count). The molecular formula is C17H20ClN3O3S2. The first kappa shape index (κ1) is 19.2. The second-order valence-corrected chi connectivity index (χ2v) is 9.43. The van der Waals surface area contributed by atoms with Crippen LogP contribution in [-0.4, -0.2) is 51.9 Å². The molecule has 140 valence electrons. The number of nitrogens with zero attached hydrogens (tertiary/aromatic N) is 2. The number of piperazine rings is 1. The number of anilines is 1. The number of nitrogens with one attached hydrogen (secondary N) is 1. The lowest BCUT2D eigenvalue weighted by Crippen LogP contribution is -2.51. The molecule has 6 nitrogen and oxygen atoms in total. The second kappa shape index (κ2) is 7.96. The van der Waals surface area contributed by atoms with Crippen LogP contribution < -0.4 is 9.62 Å². The van der Waals surface area contributed by atoms with Gasteiger partial charge in [-0.2, -0.15) is 0 Å². The van der Waals surface area contributed by atoms with Crippen molar-refractivity contribution in [3.63, 3.8) is 0 Å². The van der Waals surface area contributed by atoms with E-state index in [9.17, 15) is 13.2 Å². The molecule has 9 heteroatoms. The minimum Gasteiger partial charge on any atom is -0.368 e. The number of carbonyl (C=O) groups is 1. The topological polar surface area (TPSA) is 69.7 Å². The molecule has 1 saturated heterocycles. The molecule has 0 unspecified atom stereocenters.